The number of hydrogen-bond donors (Lipinski definition) is 0. The number of benzene rings is 3. The second-order valence-electron chi connectivity index (χ2n) is 6.13. The van der Waals surface area contributed by atoms with Crippen LogP contribution in [0, 0.1) is 0 Å². The molecule has 0 amide bonds. The van der Waals surface area contributed by atoms with Crippen LogP contribution in [0.2, 0.25) is 0 Å². The van der Waals surface area contributed by atoms with Gasteiger partial charge in [0.25, 0.3) is 0 Å². The summed E-state index contributed by atoms with van der Waals surface area (Å²) in [6, 6.07) is 31.4. The van der Waals surface area contributed by atoms with Gasteiger partial charge in [-0.25, -0.2) is 4.68 Å². The normalized spacial score (nSPS) is 11.3. The van der Waals surface area contributed by atoms with E-state index in [1.54, 1.807) is 13.3 Å². The van der Waals surface area contributed by atoms with E-state index < -0.39 is 5.54 Å². The molecular weight excluding hydrogens is 320 g/mol. The quantitative estimate of drug-likeness (QED) is 0.491. The number of aromatic nitrogens is 2. The van der Waals surface area contributed by atoms with Crippen molar-refractivity contribution in [2.24, 2.45) is 0 Å². The van der Waals surface area contributed by atoms with Gasteiger partial charge in [0, 0.05) is 0 Å². The molecular formula is C23H20N2O. The largest absolute Gasteiger partial charge is 0.493 e. The molecule has 0 bridgehead atoms. The Hall–Kier alpha value is -3.33. The zero-order valence-corrected chi connectivity index (χ0v) is 14.6. The molecule has 0 aliphatic heterocycles. The molecule has 0 saturated carbocycles. The fourth-order valence-corrected chi connectivity index (χ4v) is 3.53. The van der Waals surface area contributed by atoms with Crippen molar-refractivity contribution in [3.8, 4) is 5.75 Å². The van der Waals surface area contributed by atoms with Gasteiger partial charge < -0.3 is 4.74 Å². The number of methoxy groups -OCH3 is 1. The molecule has 0 unspecified atom stereocenters. The lowest BCUT2D eigenvalue weighted by Crippen LogP contribution is -2.38. The first-order chi connectivity index (χ1) is 12.9. The molecule has 4 rings (SSSR count). The van der Waals surface area contributed by atoms with Crippen LogP contribution in [0.4, 0.5) is 0 Å². The minimum absolute atomic E-state index is 0.583. The molecule has 1 heterocycles. The van der Waals surface area contributed by atoms with E-state index in [2.05, 4.69) is 77.9 Å². The maximum atomic E-state index is 5.41. The monoisotopic (exact) mass is 340 g/mol. The summed E-state index contributed by atoms with van der Waals surface area (Å²) in [5.74, 6) is 0.733. The Labute approximate surface area is 153 Å². The summed E-state index contributed by atoms with van der Waals surface area (Å²) < 4.78 is 7.41. The molecule has 0 spiro atoms. The Morgan fingerprint density at radius 1 is 0.692 bits per heavy atom. The lowest BCUT2D eigenvalue weighted by molar-refractivity contribution is 0.409. The van der Waals surface area contributed by atoms with E-state index in [1.165, 1.54) is 0 Å². The predicted molar refractivity (Wildman–Crippen MR) is 103 cm³/mol. The summed E-state index contributed by atoms with van der Waals surface area (Å²) in [4.78, 5) is 0. The van der Waals surface area contributed by atoms with E-state index in [0.717, 1.165) is 22.4 Å². The Morgan fingerprint density at radius 3 is 1.46 bits per heavy atom. The first kappa shape index (κ1) is 16.2. The average molecular weight is 340 g/mol. The van der Waals surface area contributed by atoms with E-state index in [4.69, 9.17) is 4.74 Å². The number of rotatable bonds is 5. The maximum Gasteiger partial charge on any atom is 0.156 e. The van der Waals surface area contributed by atoms with Gasteiger partial charge in [-0.15, -0.1) is 0 Å². The fraction of sp³-hybridized carbons (Fsp3) is 0.0870. The summed E-state index contributed by atoms with van der Waals surface area (Å²) in [5, 5.41) is 4.68. The second-order valence-corrected chi connectivity index (χ2v) is 6.13. The van der Waals surface area contributed by atoms with Gasteiger partial charge in [0.2, 0.25) is 0 Å². The third kappa shape index (κ3) is 2.58. The predicted octanol–water partition coefficient (Wildman–Crippen LogP) is 4.73. The topological polar surface area (TPSA) is 27.1 Å². The molecule has 3 nitrogen and oxygen atoms in total. The summed E-state index contributed by atoms with van der Waals surface area (Å²) >= 11 is 0. The highest BCUT2D eigenvalue weighted by Crippen LogP contribution is 2.40. The SMILES string of the molecule is COc1cnn(C(c2ccccc2)(c2ccccc2)c2ccccc2)c1. The van der Waals surface area contributed by atoms with Crippen LogP contribution >= 0.6 is 0 Å². The summed E-state index contributed by atoms with van der Waals surface area (Å²) in [5.41, 5.74) is 2.84. The van der Waals surface area contributed by atoms with Gasteiger partial charge >= 0.3 is 0 Å². The molecule has 1 aromatic heterocycles. The van der Waals surface area contributed by atoms with Crippen molar-refractivity contribution in [2.75, 3.05) is 7.11 Å². The Bertz CT molecular complexity index is 866. The molecule has 0 fully saturated rings. The molecule has 0 saturated heterocycles. The van der Waals surface area contributed by atoms with Gasteiger partial charge in [-0.3, -0.25) is 0 Å². The van der Waals surface area contributed by atoms with Crippen LogP contribution in [-0.2, 0) is 5.54 Å². The number of hydrogen-bond acceptors (Lipinski definition) is 2. The van der Waals surface area contributed by atoms with Gasteiger partial charge in [-0.05, 0) is 16.7 Å². The molecule has 4 aromatic rings. The minimum Gasteiger partial charge on any atom is -0.493 e. The summed E-state index contributed by atoms with van der Waals surface area (Å²) in [6.07, 6.45) is 3.70. The molecule has 128 valence electrons. The Balaban J connectivity index is 2.10. The highest BCUT2D eigenvalue weighted by atomic mass is 16.5. The van der Waals surface area contributed by atoms with Crippen molar-refractivity contribution in [2.45, 2.75) is 5.54 Å². The van der Waals surface area contributed by atoms with Crippen LogP contribution < -0.4 is 4.74 Å². The van der Waals surface area contributed by atoms with Crippen LogP contribution in [-0.4, -0.2) is 16.9 Å². The van der Waals surface area contributed by atoms with Gasteiger partial charge in [-0.2, -0.15) is 5.10 Å². The molecule has 0 N–H and O–H groups in total. The van der Waals surface area contributed by atoms with Crippen molar-refractivity contribution >= 4 is 0 Å². The Morgan fingerprint density at radius 2 is 1.12 bits per heavy atom. The standard InChI is InChI=1S/C23H20N2O/c1-26-22-17-24-25(18-22)23(19-11-5-2-6-12-19,20-13-7-3-8-14-20)21-15-9-4-10-16-21/h2-18H,1H3. The van der Waals surface area contributed by atoms with Crippen molar-refractivity contribution in [3.63, 3.8) is 0 Å². The van der Waals surface area contributed by atoms with Gasteiger partial charge in [0.15, 0.2) is 5.75 Å². The smallest absolute Gasteiger partial charge is 0.156 e. The number of ether oxygens (including phenoxy) is 1. The molecule has 3 aromatic carbocycles. The molecule has 3 heteroatoms. The van der Waals surface area contributed by atoms with Crippen LogP contribution in [0.15, 0.2) is 103 Å². The van der Waals surface area contributed by atoms with E-state index in [9.17, 15) is 0 Å². The zero-order valence-electron chi connectivity index (χ0n) is 14.6. The first-order valence-corrected chi connectivity index (χ1v) is 8.61. The summed E-state index contributed by atoms with van der Waals surface area (Å²) in [7, 11) is 1.66. The third-order valence-corrected chi connectivity index (χ3v) is 4.71. The first-order valence-electron chi connectivity index (χ1n) is 8.61. The highest BCUT2D eigenvalue weighted by molar-refractivity contribution is 5.50. The molecule has 0 atom stereocenters. The van der Waals surface area contributed by atoms with Crippen LogP contribution in [0.1, 0.15) is 16.7 Å². The highest BCUT2D eigenvalue weighted by Gasteiger charge is 2.39. The summed E-state index contributed by atoms with van der Waals surface area (Å²) in [6.45, 7) is 0. The van der Waals surface area contributed by atoms with Crippen LogP contribution in [0.5, 0.6) is 5.75 Å². The van der Waals surface area contributed by atoms with Crippen LogP contribution in [0.25, 0.3) is 0 Å². The lowest BCUT2D eigenvalue weighted by atomic mass is 9.77. The van der Waals surface area contributed by atoms with Crippen molar-refractivity contribution in [1.82, 2.24) is 9.78 Å². The van der Waals surface area contributed by atoms with Crippen molar-refractivity contribution in [3.05, 3.63) is 120 Å². The van der Waals surface area contributed by atoms with Crippen molar-refractivity contribution in [1.29, 1.82) is 0 Å². The van der Waals surface area contributed by atoms with E-state index in [-0.39, 0.29) is 0 Å². The van der Waals surface area contributed by atoms with Gasteiger partial charge in [-0.1, -0.05) is 91.0 Å². The lowest BCUT2D eigenvalue weighted by Gasteiger charge is -2.36. The van der Waals surface area contributed by atoms with E-state index in [1.807, 2.05) is 29.1 Å². The zero-order chi connectivity index (χ0) is 17.8. The molecule has 0 aliphatic rings. The van der Waals surface area contributed by atoms with Gasteiger partial charge in [0.05, 0.1) is 19.5 Å². The number of nitrogens with zero attached hydrogens (tertiary/aromatic N) is 2. The molecule has 26 heavy (non-hydrogen) atoms. The Kier molecular flexibility index (Phi) is 4.28. The van der Waals surface area contributed by atoms with Crippen LogP contribution in [0.3, 0.4) is 0 Å². The minimum atomic E-state index is -0.583. The molecule has 0 aliphatic carbocycles. The third-order valence-electron chi connectivity index (χ3n) is 4.71. The van der Waals surface area contributed by atoms with E-state index in [0.29, 0.717) is 0 Å². The maximum absolute atomic E-state index is 5.41. The fourth-order valence-electron chi connectivity index (χ4n) is 3.53. The molecule has 0 radical (unpaired) electrons. The van der Waals surface area contributed by atoms with E-state index >= 15 is 0 Å². The second kappa shape index (κ2) is 6.89. The van der Waals surface area contributed by atoms with Gasteiger partial charge in [0.1, 0.15) is 5.54 Å². The average Bonchev–Trinajstić information content (AvgIpc) is 3.21. The van der Waals surface area contributed by atoms with Crippen molar-refractivity contribution < 1.29 is 4.74 Å².